The molecule has 0 saturated heterocycles. The summed E-state index contributed by atoms with van der Waals surface area (Å²) in [7, 11) is 1.25. The second-order valence-electron chi connectivity index (χ2n) is 8.45. The van der Waals surface area contributed by atoms with E-state index in [0.29, 0.717) is 19.3 Å². The second kappa shape index (κ2) is 13.4. The van der Waals surface area contributed by atoms with Crippen LogP contribution in [0.1, 0.15) is 78.6 Å². The van der Waals surface area contributed by atoms with E-state index < -0.39 is 11.6 Å². The molecule has 0 aliphatic heterocycles. The number of hydrogen-bond donors (Lipinski definition) is 2. The number of nitrogens with one attached hydrogen (secondary N) is 1. The van der Waals surface area contributed by atoms with E-state index in [1.807, 2.05) is 12.2 Å². The molecule has 0 spiro atoms. The highest BCUT2D eigenvalue weighted by molar-refractivity contribution is 5.86. The molecule has 6 nitrogen and oxygen atoms in total. The number of rotatable bonds is 13. The van der Waals surface area contributed by atoms with Crippen molar-refractivity contribution in [2.24, 2.45) is 11.8 Å². The Labute approximate surface area is 181 Å². The summed E-state index contributed by atoms with van der Waals surface area (Å²) in [5, 5.41) is 13.0. The summed E-state index contributed by atoms with van der Waals surface area (Å²) in [6.07, 6.45) is 15.6. The molecule has 2 N–H and O–H groups in total. The fraction of sp³-hybridized carbons (Fsp3) is 0.708. The number of methoxy groups -OCH3 is 1. The van der Waals surface area contributed by atoms with E-state index in [9.17, 15) is 19.5 Å². The van der Waals surface area contributed by atoms with Gasteiger partial charge in [-0.05, 0) is 39.0 Å². The maximum Gasteiger partial charge on any atom is 0.337 e. The van der Waals surface area contributed by atoms with E-state index in [1.54, 1.807) is 0 Å². The van der Waals surface area contributed by atoms with Crippen LogP contribution in [-0.2, 0) is 19.1 Å². The van der Waals surface area contributed by atoms with E-state index in [1.165, 1.54) is 40.2 Å². The molecule has 4 atom stereocenters. The summed E-state index contributed by atoms with van der Waals surface area (Å²) in [5.41, 5.74) is -1.51. The number of hydrogen-bond acceptors (Lipinski definition) is 5. The molecule has 1 aliphatic carbocycles. The molecular weight excluding hydrogens is 382 g/mol. The van der Waals surface area contributed by atoms with Gasteiger partial charge < -0.3 is 15.2 Å². The van der Waals surface area contributed by atoms with Crippen molar-refractivity contribution in [2.45, 2.75) is 90.2 Å². The number of Topliss-reactive ketones (excluding diaryl/α,β-unsaturated/α-hetero) is 1. The molecule has 0 bridgehead atoms. The first kappa shape index (κ1) is 26.1. The molecule has 0 heterocycles. The van der Waals surface area contributed by atoms with Gasteiger partial charge >= 0.3 is 5.97 Å². The normalized spacial score (nSPS) is 23.8. The summed E-state index contributed by atoms with van der Waals surface area (Å²) in [6.45, 7) is 5.11. The Morgan fingerprint density at radius 1 is 1.20 bits per heavy atom. The molecule has 30 heavy (non-hydrogen) atoms. The van der Waals surface area contributed by atoms with Crippen molar-refractivity contribution in [3.63, 3.8) is 0 Å². The summed E-state index contributed by atoms with van der Waals surface area (Å²) in [5.74, 6) is -0.762. The molecule has 0 aromatic heterocycles. The average Bonchev–Trinajstić information content (AvgIpc) is 2.97. The minimum Gasteiger partial charge on any atom is -0.467 e. The topological polar surface area (TPSA) is 92.7 Å². The Morgan fingerprint density at radius 2 is 1.93 bits per heavy atom. The number of ketones is 1. The molecule has 1 unspecified atom stereocenters. The monoisotopic (exact) mass is 421 g/mol. The lowest BCUT2D eigenvalue weighted by Gasteiger charge is -2.21. The van der Waals surface area contributed by atoms with Crippen LogP contribution in [-0.4, -0.2) is 41.5 Å². The van der Waals surface area contributed by atoms with Crippen molar-refractivity contribution < 1.29 is 24.2 Å². The van der Waals surface area contributed by atoms with Crippen molar-refractivity contribution in [3.05, 3.63) is 24.3 Å². The molecule has 1 saturated carbocycles. The van der Waals surface area contributed by atoms with Gasteiger partial charge in [0.15, 0.2) is 5.60 Å². The zero-order valence-corrected chi connectivity index (χ0v) is 19.0. The highest BCUT2D eigenvalue weighted by Crippen LogP contribution is 2.33. The number of allylic oxidation sites excluding steroid dienone is 3. The van der Waals surface area contributed by atoms with Crippen LogP contribution in [0.5, 0.6) is 0 Å². The van der Waals surface area contributed by atoms with Gasteiger partial charge in [-0.3, -0.25) is 9.59 Å². The SMILES string of the molecule is CCCCCC/C=C/[C@H]1[C@H](NC(C)=O)CC(=O)[C@@H]1C/C=C\CCC(C)(O)C(=O)OC. The molecular formula is C24H39NO5. The van der Waals surface area contributed by atoms with Gasteiger partial charge in [0.25, 0.3) is 0 Å². The van der Waals surface area contributed by atoms with Gasteiger partial charge in [-0.15, -0.1) is 0 Å². The van der Waals surface area contributed by atoms with Crippen molar-refractivity contribution in [3.8, 4) is 0 Å². The number of aliphatic hydroxyl groups is 1. The van der Waals surface area contributed by atoms with E-state index in [-0.39, 0.29) is 36.0 Å². The molecule has 1 fully saturated rings. The Bertz CT molecular complexity index is 623. The van der Waals surface area contributed by atoms with Crippen LogP contribution in [0.3, 0.4) is 0 Å². The summed E-state index contributed by atoms with van der Waals surface area (Å²) < 4.78 is 4.59. The highest BCUT2D eigenvalue weighted by atomic mass is 16.5. The maximum absolute atomic E-state index is 12.6. The molecule has 170 valence electrons. The predicted octanol–water partition coefficient (Wildman–Crippen LogP) is 3.87. The van der Waals surface area contributed by atoms with E-state index in [0.717, 1.165) is 12.8 Å². The minimum atomic E-state index is -1.51. The van der Waals surface area contributed by atoms with Crippen LogP contribution in [0.4, 0.5) is 0 Å². The molecule has 0 radical (unpaired) electrons. The van der Waals surface area contributed by atoms with Crippen LogP contribution in [0.2, 0.25) is 0 Å². The average molecular weight is 422 g/mol. The molecule has 6 heteroatoms. The van der Waals surface area contributed by atoms with Gasteiger partial charge in [-0.2, -0.15) is 0 Å². The fourth-order valence-electron chi connectivity index (χ4n) is 3.95. The summed E-state index contributed by atoms with van der Waals surface area (Å²) >= 11 is 0. The van der Waals surface area contributed by atoms with Gasteiger partial charge in [0, 0.05) is 31.2 Å². The van der Waals surface area contributed by atoms with Gasteiger partial charge in [-0.25, -0.2) is 4.79 Å². The zero-order valence-electron chi connectivity index (χ0n) is 19.0. The highest BCUT2D eigenvalue weighted by Gasteiger charge is 2.40. The van der Waals surface area contributed by atoms with Crippen molar-refractivity contribution >= 4 is 17.7 Å². The number of carbonyl (C=O) groups excluding carboxylic acids is 3. The first-order valence-corrected chi connectivity index (χ1v) is 11.1. The molecule has 1 aliphatic rings. The van der Waals surface area contributed by atoms with Crippen molar-refractivity contribution in [1.82, 2.24) is 5.32 Å². The Kier molecular flexibility index (Phi) is 11.6. The second-order valence-corrected chi connectivity index (χ2v) is 8.45. The summed E-state index contributed by atoms with van der Waals surface area (Å²) in [6, 6.07) is -0.152. The third kappa shape index (κ3) is 8.82. The van der Waals surface area contributed by atoms with Crippen molar-refractivity contribution in [1.29, 1.82) is 0 Å². The van der Waals surface area contributed by atoms with Crippen molar-refractivity contribution in [2.75, 3.05) is 7.11 Å². The largest absolute Gasteiger partial charge is 0.467 e. The van der Waals surface area contributed by atoms with E-state index in [4.69, 9.17) is 0 Å². The first-order chi connectivity index (χ1) is 14.2. The van der Waals surface area contributed by atoms with Crippen LogP contribution >= 0.6 is 0 Å². The zero-order chi connectivity index (χ0) is 22.6. The summed E-state index contributed by atoms with van der Waals surface area (Å²) in [4.78, 5) is 35.7. The Morgan fingerprint density at radius 3 is 2.57 bits per heavy atom. The molecule has 0 aromatic carbocycles. The quantitative estimate of drug-likeness (QED) is 0.267. The maximum atomic E-state index is 12.6. The number of amides is 1. The third-order valence-electron chi connectivity index (χ3n) is 5.71. The van der Waals surface area contributed by atoms with Crippen LogP contribution < -0.4 is 5.32 Å². The number of carbonyl (C=O) groups is 3. The van der Waals surface area contributed by atoms with Gasteiger partial charge in [0.2, 0.25) is 5.91 Å². The Balaban J connectivity index is 2.66. The third-order valence-corrected chi connectivity index (χ3v) is 5.71. The minimum absolute atomic E-state index is 0.00426. The lowest BCUT2D eigenvalue weighted by atomic mass is 9.89. The number of unbranched alkanes of at least 4 members (excludes halogenated alkanes) is 4. The first-order valence-electron chi connectivity index (χ1n) is 11.1. The molecule has 1 amide bonds. The molecule has 1 rings (SSSR count). The molecule has 0 aromatic rings. The van der Waals surface area contributed by atoms with Crippen LogP contribution in [0.25, 0.3) is 0 Å². The lowest BCUT2D eigenvalue weighted by Crippen LogP contribution is -2.36. The Hall–Kier alpha value is -1.95. The van der Waals surface area contributed by atoms with Crippen LogP contribution in [0.15, 0.2) is 24.3 Å². The predicted molar refractivity (Wildman–Crippen MR) is 118 cm³/mol. The van der Waals surface area contributed by atoms with Gasteiger partial charge in [0.05, 0.1) is 7.11 Å². The van der Waals surface area contributed by atoms with Gasteiger partial charge in [0.1, 0.15) is 5.78 Å². The number of esters is 1. The van der Waals surface area contributed by atoms with Crippen LogP contribution in [0, 0.1) is 11.8 Å². The van der Waals surface area contributed by atoms with E-state index in [2.05, 4.69) is 29.1 Å². The van der Waals surface area contributed by atoms with E-state index >= 15 is 0 Å². The smallest absolute Gasteiger partial charge is 0.337 e. The fourth-order valence-corrected chi connectivity index (χ4v) is 3.95. The number of ether oxygens (including phenoxy) is 1. The standard InChI is InChI=1S/C24H39NO5/c1-5-6-7-8-9-11-14-19-20(22(27)17-21(19)25-18(2)26)15-12-10-13-16-24(3,29)23(28)30-4/h10-12,14,19-21,29H,5-9,13,15-17H2,1-4H3,(H,25,26)/b12-10-,14-11+/t19-,20-,21-,24?/m1/s1. The van der Waals surface area contributed by atoms with Gasteiger partial charge in [-0.1, -0.05) is 50.5 Å². The lowest BCUT2D eigenvalue weighted by molar-refractivity contribution is -0.160.